The van der Waals surface area contributed by atoms with Crippen molar-refractivity contribution in [2.45, 2.75) is 50.7 Å². The molecule has 0 amide bonds. The van der Waals surface area contributed by atoms with Gasteiger partial charge in [-0.3, -0.25) is 4.68 Å². The third-order valence-electron chi connectivity index (χ3n) is 4.06. The Kier molecular flexibility index (Phi) is 4.02. The first kappa shape index (κ1) is 13.5. The first-order valence-electron chi connectivity index (χ1n) is 6.64. The molecule has 3 unspecified atom stereocenters. The van der Waals surface area contributed by atoms with Gasteiger partial charge >= 0.3 is 0 Å². The number of nitrogens with zero attached hydrogens (tertiary/aromatic N) is 3. The second kappa shape index (κ2) is 5.36. The first-order chi connectivity index (χ1) is 8.55. The number of aliphatic hydroxyl groups is 1. The predicted molar refractivity (Wildman–Crippen MR) is 68.1 cm³/mol. The molecule has 2 rings (SSSR count). The molecule has 0 bridgehead atoms. The normalized spacial score (nSPS) is 30.3. The van der Waals surface area contributed by atoms with E-state index in [0.29, 0.717) is 12.3 Å². The summed E-state index contributed by atoms with van der Waals surface area (Å²) in [5, 5.41) is 18.4. The SMILES string of the molecule is COC1(C(O)Cc2cn(C)nn2)CCCC(C)C1. The fraction of sp³-hybridized carbons (Fsp3) is 0.846. The highest BCUT2D eigenvalue weighted by Gasteiger charge is 2.41. The van der Waals surface area contributed by atoms with E-state index in [9.17, 15) is 5.11 Å². The minimum atomic E-state index is -0.512. The largest absolute Gasteiger partial charge is 0.390 e. The van der Waals surface area contributed by atoms with E-state index >= 15 is 0 Å². The van der Waals surface area contributed by atoms with E-state index in [1.165, 1.54) is 6.42 Å². The van der Waals surface area contributed by atoms with Crippen LogP contribution in [0.1, 0.15) is 38.3 Å². The van der Waals surface area contributed by atoms with Crippen LogP contribution < -0.4 is 0 Å². The number of aliphatic hydroxyl groups excluding tert-OH is 1. The molecule has 0 saturated heterocycles. The van der Waals surface area contributed by atoms with Gasteiger partial charge in [0.1, 0.15) is 0 Å². The Morgan fingerprint density at radius 1 is 1.67 bits per heavy atom. The topological polar surface area (TPSA) is 60.2 Å². The average molecular weight is 253 g/mol. The van der Waals surface area contributed by atoms with Crippen LogP contribution in [-0.4, -0.2) is 38.9 Å². The number of hydrogen-bond acceptors (Lipinski definition) is 4. The van der Waals surface area contributed by atoms with Gasteiger partial charge in [-0.25, -0.2) is 0 Å². The van der Waals surface area contributed by atoms with E-state index in [-0.39, 0.29) is 0 Å². The number of rotatable bonds is 4. The van der Waals surface area contributed by atoms with E-state index in [1.54, 1.807) is 11.8 Å². The lowest BCUT2D eigenvalue weighted by atomic mass is 9.74. The van der Waals surface area contributed by atoms with Crippen molar-refractivity contribution in [1.82, 2.24) is 15.0 Å². The van der Waals surface area contributed by atoms with Crippen LogP contribution in [-0.2, 0) is 18.2 Å². The number of methoxy groups -OCH3 is 1. The highest BCUT2D eigenvalue weighted by molar-refractivity contribution is 5.01. The minimum Gasteiger partial charge on any atom is -0.390 e. The van der Waals surface area contributed by atoms with Crippen LogP contribution >= 0.6 is 0 Å². The lowest BCUT2D eigenvalue weighted by Gasteiger charge is -2.42. The van der Waals surface area contributed by atoms with E-state index in [0.717, 1.165) is 25.0 Å². The highest BCUT2D eigenvalue weighted by atomic mass is 16.5. The van der Waals surface area contributed by atoms with Gasteiger partial charge in [-0.1, -0.05) is 25.0 Å². The van der Waals surface area contributed by atoms with Crippen molar-refractivity contribution in [1.29, 1.82) is 0 Å². The van der Waals surface area contributed by atoms with E-state index < -0.39 is 11.7 Å². The standard InChI is InChI=1S/C13H23N3O2/c1-10-5-4-6-13(8-10,18-3)12(17)7-11-9-16(2)15-14-11/h9-10,12,17H,4-8H2,1-3H3. The molecule has 0 radical (unpaired) electrons. The van der Waals surface area contributed by atoms with Crippen LogP contribution in [0.2, 0.25) is 0 Å². The fourth-order valence-corrected chi connectivity index (χ4v) is 3.04. The monoisotopic (exact) mass is 253 g/mol. The van der Waals surface area contributed by atoms with Crippen molar-refractivity contribution in [3.8, 4) is 0 Å². The van der Waals surface area contributed by atoms with Gasteiger partial charge in [0.15, 0.2) is 0 Å². The van der Waals surface area contributed by atoms with Crippen molar-refractivity contribution >= 4 is 0 Å². The molecule has 1 aromatic heterocycles. The number of hydrogen-bond donors (Lipinski definition) is 1. The van der Waals surface area contributed by atoms with Gasteiger partial charge in [-0.15, -0.1) is 5.10 Å². The van der Waals surface area contributed by atoms with Crippen molar-refractivity contribution in [2.75, 3.05) is 7.11 Å². The molecule has 0 spiro atoms. The first-order valence-corrected chi connectivity index (χ1v) is 6.64. The van der Waals surface area contributed by atoms with Gasteiger partial charge in [0.25, 0.3) is 0 Å². The Bertz CT molecular complexity index is 393. The summed E-state index contributed by atoms with van der Waals surface area (Å²) in [5.74, 6) is 0.607. The molecular formula is C13H23N3O2. The Balaban J connectivity index is 2.07. The molecule has 1 aromatic rings. The molecule has 1 N–H and O–H groups in total. The van der Waals surface area contributed by atoms with Gasteiger partial charge in [0.2, 0.25) is 0 Å². The van der Waals surface area contributed by atoms with Gasteiger partial charge < -0.3 is 9.84 Å². The molecule has 1 saturated carbocycles. The maximum atomic E-state index is 10.5. The predicted octanol–water partition coefficient (Wildman–Crippen LogP) is 1.31. The number of aryl methyl sites for hydroxylation is 1. The van der Waals surface area contributed by atoms with Crippen molar-refractivity contribution in [3.05, 3.63) is 11.9 Å². The molecule has 1 aliphatic carbocycles. The van der Waals surface area contributed by atoms with Crippen LogP contribution in [0.3, 0.4) is 0 Å². The minimum absolute atomic E-state index is 0.408. The molecular weight excluding hydrogens is 230 g/mol. The molecule has 1 aliphatic rings. The molecule has 0 aliphatic heterocycles. The third kappa shape index (κ3) is 2.72. The Hall–Kier alpha value is -0.940. The summed E-state index contributed by atoms with van der Waals surface area (Å²) in [6.45, 7) is 2.22. The fourth-order valence-electron chi connectivity index (χ4n) is 3.04. The van der Waals surface area contributed by atoms with Crippen LogP contribution in [0, 0.1) is 5.92 Å². The molecule has 0 aromatic carbocycles. The summed E-state index contributed by atoms with van der Waals surface area (Å²) >= 11 is 0. The summed E-state index contributed by atoms with van der Waals surface area (Å²) in [5.41, 5.74) is 0.412. The quantitative estimate of drug-likeness (QED) is 0.879. The van der Waals surface area contributed by atoms with E-state index in [4.69, 9.17) is 4.74 Å². The Morgan fingerprint density at radius 2 is 2.44 bits per heavy atom. The Morgan fingerprint density at radius 3 is 3.00 bits per heavy atom. The number of ether oxygens (including phenoxy) is 1. The maximum Gasteiger partial charge on any atom is 0.0942 e. The van der Waals surface area contributed by atoms with Crippen molar-refractivity contribution in [3.63, 3.8) is 0 Å². The second-order valence-electron chi connectivity index (χ2n) is 5.57. The zero-order chi connectivity index (χ0) is 13.2. The smallest absolute Gasteiger partial charge is 0.0942 e. The van der Waals surface area contributed by atoms with E-state index in [1.807, 2.05) is 13.2 Å². The van der Waals surface area contributed by atoms with Crippen LogP contribution in [0.5, 0.6) is 0 Å². The second-order valence-corrected chi connectivity index (χ2v) is 5.57. The summed E-state index contributed by atoms with van der Waals surface area (Å²) in [4.78, 5) is 0. The molecule has 18 heavy (non-hydrogen) atoms. The average Bonchev–Trinajstić information content (AvgIpc) is 2.74. The van der Waals surface area contributed by atoms with Crippen LogP contribution in [0.15, 0.2) is 6.20 Å². The van der Waals surface area contributed by atoms with Crippen molar-refractivity contribution < 1.29 is 9.84 Å². The van der Waals surface area contributed by atoms with Gasteiger partial charge in [0, 0.05) is 26.8 Å². The van der Waals surface area contributed by atoms with Crippen molar-refractivity contribution in [2.24, 2.45) is 13.0 Å². The maximum absolute atomic E-state index is 10.5. The van der Waals surface area contributed by atoms with E-state index in [2.05, 4.69) is 17.2 Å². The zero-order valence-corrected chi connectivity index (χ0v) is 11.5. The van der Waals surface area contributed by atoms with Gasteiger partial charge in [-0.2, -0.15) is 0 Å². The van der Waals surface area contributed by atoms with Crippen LogP contribution in [0.4, 0.5) is 0 Å². The summed E-state index contributed by atoms with van der Waals surface area (Å²) < 4.78 is 7.34. The number of aromatic nitrogens is 3. The summed E-state index contributed by atoms with van der Waals surface area (Å²) in [6, 6.07) is 0. The zero-order valence-electron chi connectivity index (χ0n) is 11.5. The summed E-state index contributed by atoms with van der Waals surface area (Å²) in [7, 11) is 3.54. The highest BCUT2D eigenvalue weighted by Crippen LogP contribution is 2.38. The molecule has 1 fully saturated rings. The molecule has 5 nitrogen and oxygen atoms in total. The molecule has 102 valence electrons. The van der Waals surface area contributed by atoms with Crippen LogP contribution in [0.25, 0.3) is 0 Å². The summed E-state index contributed by atoms with van der Waals surface area (Å²) in [6.07, 6.45) is 6.03. The molecule has 5 heteroatoms. The van der Waals surface area contributed by atoms with Gasteiger partial charge in [-0.05, 0) is 18.8 Å². The molecule has 3 atom stereocenters. The lowest BCUT2D eigenvalue weighted by Crippen LogP contribution is -2.48. The Labute approximate surface area is 108 Å². The van der Waals surface area contributed by atoms with Gasteiger partial charge in [0.05, 0.1) is 17.4 Å². The lowest BCUT2D eigenvalue weighted by molar-refractivity contribution is -0.131. The molecule has 1 heterocycles. The third-order valence-corrected chi connectivity index (χ3v) is 4.06.